The van der Waals surface area contributed by atoms with E-state index < -0.39 is 11.8 Å². The van der Waals surface area contributed by atoms with Crippen LogP contribution in [0, 0.1) is 5.92 Å². The van der Waals surface area contributed by atoms with Crippen molar-refractivity contribution in [1.82, 2.24) is 10.2 Å². The highest BCUT2D eigenvalue weighted by Crippen LogP contribution is 2.06. The van der Waals surface area contributed by atoms with Crippen LogP contribution in [0.4, 0.5) is 0 Å². The number of nitrogens with one attached hydrogen (secondary N) is 2. The Labute approximate surface area is 123 Å². The zero-order valence-electron chi connectivity index (χ0n) is 11.4. The molecule has 2 saturated heterocycles. The van der Waals surface area contributed by atoms with Gasteiger partial charge in [0.05, 0.1) is 26.3 Å². The lowest BCUT2D eigenvalue weighted by atomic mass is 10.1. The van der Waals surface area contributed by atoms with Crippen molar-refractivity contribution in [2.45, 2.75) is 0 Å². The van der Waals surface area contributed by atoms with E-state index in [1.54, 1.807) is 7.05 Å². The molecule has 110 valence electrons. The monoisotopic (exact) mass is 299 g/mol. The molecule has 0 spiro atoms. The van der Waals surface area contributed by atoms with Crippen LogP contribution >= 0.6 is 12.2 Å². The van der Waals surface area contributed by atoms with Crippen LogP contribution in [0.5, 0.6) is 0 Å². The first-order valence-corrected chi connectivity index (χ1v) is 7.04. The smallest absolute Gasteiger partial charge is 0.246 e. The van der Waals surface area contributed by atoms with Crippen molar-refractivity contribution in [2.24, 2.45) is 10.9 Å². The molecule has 0 aromatic heterocycles. The molecule has 2 fully saturated rings. The van der Waals surface area contributed by atoms with Crippen molar-refractivity contribution < 1.29 is 19.2 Å². The van der Waals surface area contributed by atoms with E-state index in [0.29, 0.717) is 6.54 Å². The van der Waals surface area contributed by atoms with Crippen LogP contribution < -0.4 is 10.2 Å². The maximum absolute atomic E-state index is 11.9. The SMILES string of the molecule is CN1C(=O)[C@H](C=NCC[NH+]2CCOCC2)C(=O)NC1=S. The maximum atomic E-state index is 11.9. The predicted octanol–water partition coefficient (Wildman–Crippen LogP) is -2.54. The number of rotatable bonds is 4. The summed E-state index contributed by atoms with van der Waals surface area (Å²) in [4.78, 5) is 30.5. The molecular weight excluding hydrogens is 280 g/mol. The number of hydrogen-bond acceptors (Lipinski definition) is 5. The van der Waals surface area contributed by atoms with Crippen molar-refractivity contribution in [3.05, 3.63) is 0 Å². The van der Waals surface area contributed by atoms with Crippen molar-refractivity contribution in [1.29, 1.82) is 0 Å². The molecule has 2 heterocycles. The van der Waals surface area contributed by atoms with E-state index in [1.165, 1.54) is 16.0 Å². The van der Waals surface area contributed by atoms with E-state index in [2.05, 4.69) is 10.3 Å². The van der Waals surface area contributed by atoms with E-state index >= 15 is 0 Å². The fraction of sp³-hybridized carbons (Fsp3) is 0.667. The lowest BCUT2D eigenvalue weighted by Gasteiger charge is -2.27. The number of carbonyl (C=O) groups is 2. The van der Waals surface area contributed by atoms with Gasteiger partial charge in [0.15, 0.2) is 11.0 Å². The number of hydrogen-bond donors (Lipinski definition) is 2. The van der Waals surface area contributed by atoms with Crippen molar-refractivity contribution in [3.8, 4) is 0 Å². The molecule has 7 nitrogen and oxygen atoms in total. The Kier molecular flexibility index (Phi) is 5.16. The van der Waals surface area contributed by atoms with Crippen molar-refractivity contribution in [2.75, 3.05) is 46.4 Å². The molecule has 0 bridgehead atoms. The van der Waals surface area contributed by atoms with E-state index in [9.17, 15) is 9.59 Å². The summed E-state index contributed by atoms with van der Waals surface area (Å²) in [7, 11) is 1.54. The second kappa shape index (κ2) is 6.87. The summed E-state index contributed by atoms with van der Waals surface area (Å²) < 4.78 is 5.28. The third kappa shape index (κ3) is 3.59. The zero-order valence-corrected chi connectivity index (χ0v) is 12.2. The van der Waals surface area contributed by atoms with Gasteiger partial charge in [0, 0.05) is 13.3 Å². The van der Waals surface area contributed by atoms with Gasteiger partial charge in [-0.15, -0.1) is 0 Å². The molecule has 0 saturated carbocycles. The second-order valence-corrected chi connectivity index (χ2v) is 5.22. The molecule has 2 rings (SSSR count). The number of aliphatic imine (C=N–C) groups is 1. The number of quaternary nitrogens is 1. The normalized spacial score (nSPS) is 25.4. The molecule has 2 aliphatic heterocycles. The first-order chi connectivity index (χ1) is 9.59. The number of ether oxygens (including phenoxy) is 1. The number of morpholine rings is 1. The molecule has 2 aliphatic rings. The van der Waals surface area contributed by atoms with Crippen LogP contribution in [0.15, 0.2) is 4.99 Å². The molecule has 0 unspecified atom stereocenters. The van der Waals surface area contributed by atoms with Gasteiger partial charge >= 0.3 is 0 Å². The topological polar surface area (TPSA) is 75.4 Å². The largest absolute Gasteiger partial charge is 0.370 e. The average molecular weight is 299 g/mol. The molecule has 0 radical (unpaired) electrons. The molecule has 8 heteroatoms. The van der Waals surface area contributed by atoms with Gasteiger partial charge in [0.25, 0.3) is 0 Å². The molecule has 2 amide bonds. The van der Waals surface area contributed by atoms with Gasteiger partial charge in [-0.2, -0.15) is 0 Å². The molecule has 0 aromatic rings. The lowest BCUT2D eigenvalue weighted by molar-refractivity contribution is -0.906. The minimum atomic E-state index is -0.869. The Hall–Kier alpha value is -1.38. The molecular formula is C12H19N4O3S+. The first kappa shape index (κ1) is 15.0. The molecule has 0 aromatic carbocycles. The third-order valence-electron chi connectivity index (χ3n) is 3.46. The highest BCUT2D eigenvalue weighted by atomic mass is 32.1. The van der Waals surface area contributed by atoms with Gasteiger partial charge in [0.2, 0.25) is 11.8 Å². The highest BCUT2D eigenvalue weighted by molar-refractivity contribution is 7.80. The standard InChI is InChI=1S/C12H18N4O3S/c1-15-11(18)9(10(17)14-12(15)20)8-13-2-3-16-4-6-19-7-5-16/h8-9H,2-7H2,1H3,(H,14,17,20)/p+1/t9-/m1/s1. The Morgan fingerprint density at radius 3 is 2.90 bits per heavy atom. The van der Waals surface area contributed by atoms with Crippen molar-refractivity contribution >= 4 is 35.4 Å². The predicted molar refractivity (Wildman–Crippen MR) is 76.7 cm³/mol. The van der Waals surface area contributed by atoms with Crippen LogP contribution in [0.1, 0.15) is 0 Å². The van der Waals surface area contributed by atoms with Gasteiger partial charge in [-0.1, -0.05) is 0 Å². The summed E-state index contributed by atoms with van der Waals surface area (Å²) in [6.07, 6.45) is 1.43. The van der Waals surface area contributed by atoms with Crippen LogP contribution in [0.2, 0.25) is 0 Å². The third-order valence-corrected chi connectivity index (χ3v) is 3.84. The summed E-state index contributed by atoms with van der Waals surface area (Å²) in [6, 6.07) is 0. The average Bonchev–Trinajstić information content (AvgIpc) is 2.45. The van der Waals surface area contributed by atoms with E-state index in [-0.39, 0.29) is 11.0 Å². The van der Waals surface area contributed by atoms with E-state index in [1.807, 2.05) is 0 Å². The van der Waals surface area contributed by atoms with E-state index in [0.717, 1.165) is 32.8 Å². The Bertz CT molecular complexity index is 434. The Morgan fingerprint density at radius 2 is 2.20 bits per heavy atom. The minimum Gasteiger partial charge on any atom is -0.370 e. The second-order valence-electron chi connectivity index (χ2n) is 4.84. The van der Waals surface area contributed by atoms with E-state index in [4.69, 9.17) is 17.0 Å². The van der Waals surface area contributed by atoms with Gasteiger partial charge < -0.3 is 15.0 Å². The maximum Gasteiger partial charge on any atom is 0.246 e. The number of nitrogens with zero attached hydrogens (tertiary/aromatic N) is 2. The first-order valence-electron chi connectivity index (χ1n) is 6.63. The summed E-state index contributed by atoms with van der Waals surface area (Å²) in [5.74, 6) is -1.60. The van der Waals surface area contributed by atoms with Gasteiger partial charge in [-0.05, 0) is 12.2 Å². The van der Waals surface area contributed by atoms with Gasteiger partial charge in [-0.3, -0.25) is 19.5 Å². The Balaban J connectivity index is 1.82. The molecule has 2 N–H and O–H groups in total. The zero-order chi connectivity index (χ0) is 14.5. The summed E-state index contributed by atoms with van der Waals surface area (Å²) in [5, 5.41) is 2.63. The number of amides is 2. The fourth-order valence-corrected chi connectivity index (χ4v) is 2.32. The molecule has 20 heavy (non-hydrogen) atoms. The fourth-order valence-electron chi connectivity index (χ4n) is 2.13. The van der Waals surface area contributed by atoms with Crippen LogP contribution in [0.25, 0.3) is 0 Å². The molecule has 0 aliphatic carbocycles. The summed E-state index contributed by atoms with van der Waals surface area (Å²) in [6.45, 7) is 5.01. The number of carbonyl (C=O) groups excluding carboxylic acids is 2. The Morgan fingerprint density at radius 1 is 1.50 bits per heavy atom. The van der Waals surface area contributed by atoms with Crippen LogP contribution in [-0.2, 0) is 14.3 Å². The number of thiocarbonyl (C=S) groups is 1. The minimum absolute atomic E-state index is 0.141. The molecule has 1 atom stereocenters. The summed E-state index contributed by atoms with van der Waals surface area (Å²) in [5.41, 5.74) is 0. The quantitative estimate of drug-likeness (QED) is 0.341. The van der Waals surface area contributed by atoms with Gasteiger partial charge in [-0.25, -0.2) is 0 Å². The van der Waals surface area contributed by atoms with Crippen molar-refractivity contribution in [3.63, 3.8) is 0 Å². The van der Waals surface area contributed by atoms with Crippen LogP contribution in [-0.4, -0.2) is 74.5 Å². The lowest BCUT2D eigenvalue weighted by Crippen LogP contribution is -3.14. The van der Waals surface area contributed by atoms with Gasteiger partial charge in [0.1, 0.15) is 13.1 Å². The highest BCUT2D eigenvalue weighted by Gasteiger charge is 2.35. The van der Waals surface area contributed by atoms with Crippen LogP contribution in [0.3, 0.4) is 0 Å². The summed E-state index contributed by atoms with van der Waals surface area (Å²) >= 11 is 4.87.